The van der Waals surface area contributed by atoms with E-state index in [0.29, 0.717) is 11.5 Å². The second-order valence-electron chi connectivity index (χ2n) is 8.06. The number of hydrogen-bond donors (Lipinski definition) is 3. The maximum atomic E-state index is 9.86. The zero-order chi connectivity index (χ0) is 20.6. The Morgan fingerprint density at radius 1 is 0.929 bits per heavy atom. The molecule has 1 saturated heterocycles. The van der Waals surface area contributed by atoms with Gasteiger partial charge in [-0.1, -0.05) is 84.0 Å². The standard InChI is InChI=1S/C22H42O5S/c1-2-3-4-5-6-7-8-9-10-11-12-13-14-15-20(28)27-19(16-23)22-21(25)18(24)17-26-22/h18-19,21-25H,2-17H2,1H3/t18-,19+,21+,22+/m0/s1. The van der Waals surface area contributed by atoms with Gasteiger partial charge in [-0.3, -0.25) is 0 Å². The zero-order valence-corrected chi connectivity index (χ0v) is 18.5. The maximum absolute atomic E-state index is 9.86. The van der Waals surface area contributed by atoms with Gasteiger partial charge in [-0.25, -0.2) is 0 Å². The number of ether oxygens (including phenoxy) is 2. The summed E-state index contributed by atoms with van der Waals surface area (Å²) in [6.07, 6.45) is 14.2. The molecule has 4 atom stereocenters. The average Bonchev–Trinajstić information content (AvgIpc) is 3.02. The van der Waals surface area contributed by atoms with Crippen LogP contribution in [0.3, 0.4) is 0 Å². The fourth-order valence-electron chi connectivity index (χ4n) is 3.68. The summed E-state index contributed by atoms with van der Waals surface area (Å²) in [6, 6.07) is 0. The van der Waals surface area contributed by atoms with E-state index in [4.69, 9.17) is 21.7 Å². The maximum Gasteiger partial charge on any atom is 0.160 e. The third-order valence-electron chi connectivity index (χ3n) is 5.50. The van der Waals surface area contributed by atoms with Crippen LogP contribution in [0.5, 0.6) is 0 Å². The molecule has 0 aliphatic carbocycles. The molecule has 3 N–H and O–H groups in total. The van der Waals surface area contributed by atoms with Crippen LogP contribution in [0.25, 0.3) is 0 Å². The fourth-order valence-corrected chi connectivity index (χ4v) is 3.94. The molecule has 1 heterocycles. The average molecular weight is 419 g/mol. The monoisotopic (exact) mass is 418 g/mol. The van der Waals surface area contributed by atoms with E-state index in [-0.39, 0.29) is 13.2 Å². The number of hydrogen-bond acceptors (Lipinski definition) is 6. The number of aliphatic hydroxyl groups excluding tert-OH is 3. The van der Waals surface area contributed by atoms with Gasteiger partial charge in [-0.2, -0.15) is 0 Å². The quantitative estimate of drug-likeness (QED) is 0.241. The van der Waals surface area contributed by atoms with Crippen molar-refractivity contribution in [3.05, 3.63) is 0 Å². The van der Waals surface area contributed by atoms with Crippen molar-refractivity contribution in [2.75, 3.05) is 13.2 Å². The second kappa shape index (κ2) is 16.5. The van der Waals surface area contributed by atoms with E-state index in [1.54, 1.807) is 0 Å². The van der Waals surface area contributed by atoms with Crippen molar-refractivity contribution in [1.29, 1.82) is 0 Å². The van der Waals surface area contributed by atoms with Crippen LogP contribution in [0.4, 0.5) is 0 Å². The van der Waals surface area contributed by atoms with Crippen molar-refractivity contribution in [3.8, 4) is 0 Å². The highest BCUT2D eigenvalue weighted by Crippen LogP contribution is 2.20. The first-order valence-electron chi connectivity index (χ1n) is 11.4. The van der Waals surface area contributed by atoms with Crippen molar-refractivity contribution < 1.29 is 24.8 Å². The lowest BCUT2D eigenvalue weighted by Gasteiger charge is -2.25. The minimum absolute atomic E-state index is 0.0529. The molecule has 0 amide bonds. The Morgan fingerprint density at radius 3 is 1.86 bits per heavy atom. The smallest absolute Gasteiger partial charge is 0.160 e. The van der Waals surface area contributed by atoms with Gasteiger partial charge in [0.1, 0.15) is 18.3 Å². The highest BCUT2D eigenvalue weighted by molar-refractivity contribution is 7.80. The molecule has 0 spiro atoms. The topological polar surface area (TPSA) is 79.2 Å². The minimum Gasteiger partial charge on any atom is -0.479 e. The van der Waals surface area contributed by atoms with E-state index in [0.717, 1.165) is 12.8 Å². The molecule has 1 fully saturated rings. The first-order valence-corrected chi connectivity index (χ1v) is 11.8. The van der Waals surface area contributed by atoms with Gasteiger partial charge in [0.25, 0.3) is 0 Å². The molecule has 0 saturated carbocycles. The van der Waals surface area contributed by atoms with E-state index in [1.807, 2.05) is 0 Å². The number of rotatable bonds is 17. The molecular formula is C22H42O5S. The van der Waals surface area contributed by atoms with Gasteiger partial charge in [0.2, 0.25) is 0 Å². The van der Waals surface area contributed by atoms with E-state index >= 15 is 0 Å². The summed E-state index contributed by atoms with van der Waals surface area (Å²) >= 11 is 5.25. The van der Waals surface area contributed by atoms with Gasteiger partial charge < -0.3 is 24.8 Å². The molecule has 166 valence electrons. The number of unbranched alkanes of at least 4 members (excludes halogenated alkanes) is 12. The van der Waals surface area contributed by atoms with Crippen LogP contribution in [0.2, 0.25) is 0 Å². The van der Waals surface area contributed by atoms with Gasteiger partial charge in [-0.05, 0) is 18.6 Å². The molecule has 0 aromatic carbocycles. The summed E-state index contributed by atoms with van der Waals surface area (Å²) in [5.41, 5.74) is 0. The first kappa shape index (κ1) is 25.8. The van der Waals surface area contributed by atoms with Gasteiger partial charge in [0.15, 0.2) is 11.2 Å². The predicted octanol–water partition coefficient (Wildman–Crippen LogP) is 4.29. The van der Waals surface area contributed by atoms with E-state index < -0.39 is 24.4 Å². The molecule has 0 radical (unpaired) electrons. The lowest BCUT2D eigenvalue weighted by molar-refractivity contribution is -0.0621. The highest BCUT2D eigenvalue weighted by atomic mass is 32.1. The van der Waals surface area contributed by atoms with Crippen LogP contribution in [0.1, 0.15) is 96.8 Å². The Bertz CT molecular complexity index is 393. The lowest BCUT2D eigenvalue weighted by Crippen LogP contribution is -2.42. The van der Waals surface area contributed by atoms with E-state index in [9.17, 15) is 15.3 Å². The SMILES string of the molecule is CCCCCCCCCCCCCCCC(=S)O[C@H](CO)[C@H]1OC[C@H](O)[C@H]1O. The normalized spacial score (nSPS) is 23.1. The minimum atomic E-state index is -1.05. The van der Waals surface area contributed by atoms with Gasteiger partial charge in [0.05, 0.1) is 13.2 Å². The van der Waals surface area contributed by atoms with Crippen LogP contribution in [0.15, 0.2) is 0 Å². The van der Waals surface area contributed by atoms with Crippen molar-refractivity contribution >= 4 is 17.3 Å². The molecule has 5 nitrogen and oxygen atoms in total. The van der Waals surface area contributed by atoms with Crippen LogP contribution < -0.4 is 0 Å². The van der Waals surface area contributed by atoms with E-state index in [1.165, 1.54) is 70.6 Å². The molecule has 0 aromatic heterocycles. The zero-order valence-electron chi connectivity index (χ0n) is 17.7. The summed E-state index contributed by atoms with van der Waals surface area (Å²) < 4.78 is 10.9. The summed E-state index contributed by atoms with van der Waals surface area (Å²) in [5.74, 6) is 0. The fraction of sp³-hybridized carbons (Fsp3) is 0.955. The molecule has 1 aliphatic heterocycles. The third kappa shape index (κ3) is 11.1. The molecule has 6 heteroatoms. The third-order valence-corrected chi connectivity index (χ3v) is 5.80. The Morgan fingerprint density at radius 2 is 1.43 bits per heavy atom. The largest absolute Gasteiger partial charge is 0.479 e. The first-order chi connectivity index (χ1) is 13.6. The van der Waals surface area contributed by atoms with Crippen LogP contribution in [0, 0.1) is 0 Å². The van der Waals surface area contributed by atoms with Gasteiger partial charge in [0, 0.05) is 6.42 Å². The molecule has 0 bridgehead atoms. The van der Waals surface area contributed by atoms with Crippen LogP contribution >= 0.6 is 12.2 Å². The summed E-state index contributed by atoms with van der Waals surface area (Å²) in [7, 11) is 0. The summed E-state index contributed by atoms with van der Waals surface area (Å²) in [5, 5.41) is 29.3. The van der Waals surface area contributed by atoms with Crippen LogP contribution in [-0.2, 0) is 9.47 Å². The highest BCUT2D eigenvalue weighted by Gasteiger charge is 2.41. The summed E-state index contributed by atoms with van der Waals surface area (Å²) in [4.78, 5) is 0. The molecule has 1 rings (SSSR count). The van der Waals surface area contributed by atoms with Gasteiger partial charge >= 0.3 is 0 Å². The van der Waals surface area contributed by atoms with Gasteiger partial charge in [-0.15, -0.1) is 0 Å². The van der Waals surface area contributed by atoms with Crippen molar-refractivity contribution in [2.45, 2.75) is 121 Å². The molecule has 0 aromatic rings. The van der Waals surface area contributed by atoms with Crippen molar-refractivity contribution in [3.63, 3.8) is 0 Å². The number of thiocarbonyl (C=S) groups is 1. The Balaban J connectivity index is 1.95. The summed E-state index contributed by atoms with van der Waals surface area (Å²) in [6.45, 7) is 2.01. The Kier molecular flexibility index (Phi) is 15.2. The predicted molar refractivity (Wildman–Crippen MR) is 117 cm³/mol. The lowest BCUT2D eigenvalue weighted by atomic mass is 10.0. The molecule has 0 unspecified atom stereocenters. The van der Waals surface area contributed by atoms with Crippen molar-refractivity contribution in [2.24, 2.45) is 0 Å². The van der Waals surface area contributed by atoms with Crippen LogP contribution in [-0.4, -0.2) is 58.0 Å². The van der Waals surface area contributed by atoms with E-state index in [2.05, 4.69) is 6.92 Å². The van der Waals surface area contributed by atoms with Crippen molar-refractivity contribution in [1.82, 2.24) is 0 Å². The number of aliphatic hydroxyl groups is 3. The molecule has 28 heavy (non-hydrogen) atoms. The Hall–Kier alpha value is -0.270. The molecule has 1 aliphatic rings. The molecular weight excluding hydrogens is 376 g/mol. The second-order valence-corrected chi connectivity index (χ2v) is 8.51. The Labute approximate surface area is 176 Å².